The van der Waals surface area contributed by atoms with E-state index in [4.69, 9.17) is 0 Å². The van der Waals surface area contributed by atoms with Crippen molar-refractivity contribution < 1.29 is 37.5 Å². The Balaban J connectivity index is 0.000000987. The molecule has 0 atom stereocenters. The molecule has 5 heteroatoms. The zero-order valence-electron chi connectivity index (χ0n) is 15.0. The number of nitrogens with one attached hydrogen (secondary N) is 1. The van der Waals surface area contributed by atoms with Crippen LogP contribution in [0, 0.1) is 0 Å². The number of benzene rings is 2. The summed E-state index contributed by atoms with van der Waals surface area (Å²) >= 11 is 0. The van der Waals surface area contributed by atoms with Gasteiger partial charge in [-0.1, -0.05) is 76.2 Å². The summed E-state index contributed by atoms with van der Waals surface area (Å²) in [5.74, 6) is 0.624. The largest absolute Gasteiger partial charge is 0.412 e. The van der Waals surface area contributed by atoms with Gasteiger partial charge in [-0.3, -0.25) is 4.79 Å². The van der Waals surface area contributed by atoms with Gasteiger partial charge < -0.3 is 15.3 Å². The predicted molar refractivity (Wildman–Crippen MR) is 97.5 cm³/mol. The summed E-state index contributed by atoms with van der Waals surface area (Å²) in [6, 6.07) is 15.0. The minimum atomic E-state index is 0. The molecule has 0 aliphatic heterocycles. The number of imidazole rings is 1. The third-order valence-electron chi connectivity index (χ3n) is 2.88. The van der Waals surface area contributed by atoms with Crippen molar-refractivity contribution in [2.75, 3.05) is 5.32 Å². The van der Waals surface area contributed by atoms with E-state index in [2.05, 4.69) is 15.3 Å². The zero-order chi connectivity index (χ0) is 17.2. The Bertz CT molecular complexity index is 703. The molecule has 0 amide bonds. The molecule has 1 aromatic heterocycles. The van der Waals surface area contributed by atoms with Gasteiger partial charge in [0.2, 0.25) is 0 Å². The minimum absolute atomic E-state index is 0. The summed E-state index contributed by atoms with van der Waals surface area (Å²) in [7, 11) is 0. The Kier molecular flexibility index (Phi) is 11.2. The summed E-state index contributed by atoms with van der Waals surface area (Å²) in [5, 5.41) is 3.13. The van der Waals surface area contributed by atoms with Crippen LogP contribution in [0.25, 0.3) is 11.0 Å². The van der Waals surface area contributed by atoms with Crippen LogP contribution in [0.1, 0.15) is 45.0 Å². The van der Waals surface area contributed by atoms with Crippen LogP contribution in [-0.2, 0) is 32.7 Å². The van der Waals surface area contributed by atoms with Gasteiger partial charge in [-0.15, -0.1) is 0 Å². The van der Waals surface area contributed by atoms with Crippen molar-refractivity contribution in [1.29, 1.82) is 0 Å². The fourth-order valence-electron chi connectivity index (χ4n) is 1.88. The van der Waals surface area contributed by atoms with Gasteiger partial charge >= 0.3 is 0 Å². The second-order valence-corrected chi connectivity index (χ2v) is 4.29. The van der Waals surface area contributed by atoms with Gasteiger partial charge in [0.1, 0.15) is 0 Å². The van der Waals surface area contributed by atoms with Crippen LogP contribution in [0.4, 0.5) is 11.6 Å². The first-order valence-electron chi connectivity index (χ1n) is 8.00. The normalized spacial score (nSPS) is 8.88. The molecule has 3 aromatic rings. The second kappa shape index (κ2) is 11.9. The topological polar surface area (TPSA) is 56.1 Å². The SMILES string of the molecule is CC.CC.CC(=O)c1ccc(Nc2nc3ccccc3[n-]2)cc1.[Y]. The molecule has 4 nitrogen and oxygen atoms in total. The number of rotatable bonds is 3. The maximum atomic E-state index is 11.2. The second-order valence-electron chi connectivity index (χ2n) is 4.29. The Labute approximate surface area is 169 Å². The van der Waals surface area contributed by atoms with E-state index in [0.717, 1.165) is 16.7 Å². The number of carbonyl (C=O) groups excluding carboxylic acids is 1. The zero-order valence-corrected chi connectivity index (χ0v) is 17.8. The Morgan fingerprint density at radius 3 is 2.08 bits per heavy atom. The van der Waals surface area contributed by atoms with E-state index >= 15 is 0 Å². The van der Waals surface area contributed by atoms with Crippen LogP contribution >= 0.6 is 0 Å². The number of carbonyl (C=O) groups is 1. The molecule has 125 valence electrons. The van der Waals surface area contributed by atoms with E-state index < -0.39 is 0 Å². The van der Waals surface area contributed by atoms with E-state index in [-0.39, 0.29) is 38.5 Å². The molecule has 0 saturated carbocycles. The van der Waals surface area contributed by atoms with Crippen molar-refractivity contribution in [3.05, 3.63) is 54.1 Å². The molecule has 2 aromatic carbocycles. The molecule has 0 spiro atoms. The third kappa shape index (κ3) is 6.18. The van der Waals surface area contributed by atoms with E-state index in [0.29, 0.717) is 11.5 Å². The molecule has 1 heterocycles. The number of anilines is 2. The monoisotopic (exact) mass is 399 g/mol. The summed E-state index contributed by atoms with van der Waals surface area (Å²) in [6.45, 7) is 9.55. The van der Waals surface area contributed by atoms with Crippen LogP contribution in [0.3, 0.4) is 0 Å². The number of para-hydroxylation sites is 2. The first-order valence-corrected chi connectivity index (χ1v) is 8.00. The average molecular weight is 399 g/mol. The molecule has 0 unspecified atom stereocenters. The molecule has 0 saturated heterocycles. The number of ketones is 1. The fraction of sp³-hybridized carbons (Fsp3) is 0.263. The molecule has 0 fully saturated rings. The molecule has 3 rings (SSSR count). The number of hydrogen-bond donors (Lipinski definition) is 1. The molecule has 0 aliphatic carbocycles. The van der Waals surface area contributed by atoms with Crippen LogP contribution in [0.15, 0.2) is 48.5 Å². The van der Waals surface area contributed by atoms with E-state index in [1.54, 1.807) is 19.1 Å². The molecule has 0 bridgehead atoms. The minimum Gasteiger partial charge on any atom is -0.412 e. The van der Waals surface area contributed by atoms with Crippen molar-refractivity contribution in [3.8, 4) is 0 Å². The number of fused-ring (bicyclic) bond motifs is 1. The van der Waals surface area contributed by atoms with Gasteiger partial charge in [0, 0.05) is 55.3 Å². The van der Waals surface area contributed by atoms with Crippen molar-refractivity contribution in [3.63, 3.8) is 0 Å². The van der Waals surface area contributed by atoms with Gasteiger partial charge in [0.25, 0.3) is 0 Å². The van der Waals surface area contributed by atoms with Crippen molar-refractivity contribution in [1.82, 2.24) is 9.97 Å². The third-order valence-corrected chi connectivity index (χ3v) is 2.88. The van der Waals surface area contributed by atoms with E-state index in [1.807, 2.05) is 64.1 Å². The summed E-state index contributed by atoms with van der Waals surface area (Å²) in [6.07, 6.45) is 0. The molecule has 1 radical (unpaired) electrons. The predicted octanol–water partition coefficient (Wildman–Crippen LogP) is 5.19. The van der Waals surface area contributed by atoms with Gasteiger partial charge in [-0.05, 0) is 12.6 Å². The van der Waals surface area contributed by atoms with Crippen LogP contribution in [0.5, 0.6) is 0 Å². The summed E-state index contributed by atoms with van der Waals surface area (Å²) < 4.78 is 0. The van der Waals surface area contributed by atoms with Crippen molar-refractivity contribution in [2.24, 2.45) is 0 Å². The Hall–Kier alpha value is -1.52. The number of aromatic nitrogens is 2. The molecular formula is C19H24N3OY-. The van der Waals surface area contributed by atoms with Crippen LogP contribution in [-0.4, -0.2) is 10.8 Å². The standard InChI is InChI=1S/C15H13N3O.2C2H6.Y/c1-10(19)11-6-8-12(9-7-11)16-15-17-13-4-2-3-5-14(13)18-15;2*1-2;/h2-9H,1H3,(H2,16,17,18,19);2*1-2H3;/p-1. The molecule has 24 heavy (non-hydrogen) atoms. The van der Waals surface area contributed by atoms with Crippen molar-refractivity contribution in [2.45, 2.75) is 34.6 Å². The number of nitrogens with zero attached hydrogens (tertiary/aromatic N) is 2. The maximum Gasteiger partial charge on any atom is 0.159 e. The molecule has 0 aliphatic rings. The van der Waals surface area contributed by atoms with E-state index in [9.17, 15) is 4.79 Å². The quantitative estimate of drug-likeness (QED) is 0.616. The fourth-order valence-corrected chi connectivity index (χ4v) is 1.88. The van der Waals surface area contributed by atoms with E-state index in [1.165, 1.54) is 0 Å². The summed E-state index contributed by atoms with van der Waals surface area (Å²) in [5.41, 5.74) is 3.29. The van der Waals surface area contributed by atoms with Gasteiger partial charge in [-0.2, -0.15) is 0 Å². The Morgan fingerprint density at radius 1 is 0.958 bits per heavy atom. The molecule has 1 N–H and O–H groups in total. The van der Waals surface area contributed by atoms with Crippen LogP contribution < -0.4 is 10.3 Å². The number of hydrogen-bond acceptors (Lipinski definition) is 3. The smallest absolute Gasteiger partial charge is 0.159 e. The summed E-state index contributed by atoms with van der Waals surface area (Å²) in [4.78, 5) is 19.9. The van der Waals surface area contributed by atoms with Gasteiger partial charge in [0.15, 0.2) is 5.78 Å². The maximum absolute atomic E-state index is 11.2. The van der Waals surface area contributed by atoms with Crippen molar-refractivity contribution >= 4 is 28.5 Å². The average Bonchev–Trinajstić information content (AvgIpc) is 3.01. The van der Waals surface area contributed by atoms with Crippen LogP contribution in [0.2, 0.25) is 0 Å². The molecular weight excluding hydrogens is 375 g/mol. The van der Waals surface area contributed by atoms with Gasteiger partial charge in [-0.25, -0.2) is 0 Å². The first-order chi connectivity index (χ1) is 11.2. The number of Topliss-reactive ketones (excluding diaryl/α,β-unsaturated/α-hetero) is 1. The Morgan fingerprint density at radius 2 is 1.54 bits per heavy atom. The first kappa shape index (κ1) is 22.5. The van der Waals surface area contributed by atoms with Gasteiger partial charge in [0.05, 0.1) is 0 Å².